The van der Waals surface area contributed by atoms with Gasteiger partial charge in [0.25, 0.3) is 0 Å². The van der Waals surface area contributed by atoms with Crippen LogP contribution in [0.2, 0.25) is 0 Å². The van der Waals surface area contributed by atoms with Crippen molar-refractivity contribution in [2.75, 3.05) is 119 Å². The first kappa shape index (κ1) is 47.8. The summed E-state index contributed by atoms with van der Waals surface area (Å²) in [7, 11) is 0. The van der Waals surface area contributed by atoms with Gasteiger partial charge in [-0.15, -0.1) is 0 Å². The maximum absolute atomic E-state index is 13.2. The third-order valence-corrected chi connectivity index (χ3v) is 7.70. The maximum Gasteiger partial charge on any atom is 0.163 e. The van der Waals surface area contributed by atoms with Crippen molar-refractivity contribution in [1.29, 1.82) is 0 Å². The van der Waals surface area contributed by atoms with Crippen LogP contribution in [0.15, 0.2) is 53.0 Å². The summed E-state index contributed by atoms with van der Waals surface area (Å²) in [5.41, 5.74) is 18.4. The third kappa shape index (κ3) is 25.0. The number of aromatic nitrogens is 1. The lowest BCUT2D eigenvalue weighted by atomic mass is 9.94. The number of carbonyl (C=O) groups is 3. The zero-order chi connectivity index (χ0) is 40.2. The Labute approximate surface area is 327 Å². The van der Waals surface area contributed by atoms with Gasteiger partial charge >= 0.3 is 0 Å². The Morgan fingerprint density at radius 2 is 0.804 bits per heavy atom. The van der Waals surface area contributed by atoms with Gasteiger partial charge in [0.1, 0.15) is 0 Å². The Morgan fingerprint density at radius 1 is 0.482 bits per heavy atom. The molecular formula is C38H55N7O11. The third-order valence-electron chi connectivity index (χ3n) is 7.70. The SMILES string of the molecule is [N-]=[N+]=NCCOCCOCCOCCOCCCC(=O)c1cc(C(=O)CCCOCCOCCOCCOCCN=[N+]=[N-])cc(C(=O)CCc2ccncc2)c1. The van der Waals surface area contributed by atoms with E-state index in [2.05, 4.69) is 25.0 Å². The molecule has 0 aliphatic rings. The molecular weight excluding hydrogens is 730 g/mol. The second-order valence-electron chi connectivity index (χ2n) is 11.9. The lowest BCUT2D eigenvalue weighted by Gasteiger charge is -2.10. The van der Waals surface area contributed by atoms with Crippen LogP contribution in [-0.2, 0) is 44.3 Å². The molecule has 1 heterocycles. The van der Waals surface area contributed by atoms with Crippen molar-refractivity contribution in [3.8, 4) is 0 Å². The topological polar surface area (TPSA) is 235 Å². The molecule has 0 unspecified atom stereocenters. The van der Waals surface area contributed by atoms with Gasteiger partial charge in [-0.3, -0.25) is 19.4 Å². The number of rotatable bonds is 38. The van der Waals surface area contributed by atoms with Crippen LogP contribution in [-0.4, -0.2) is 141 Å². The highest BCUT2D eigenvalue weighted by molar-refractivity contribution is 6.06. The molecule has 0 atom stereocenters. The van der Waals surface area contributed by atoms with Gasteiger partial charge in [-0.05, 0) is 66.2 Å². The quantitative estimate of drug-likeness (QED) is 0.0267. The number of ether oxygens (including phenoxy) is 8. The average Bonchev–Trinajstić information content (AvgIpc) is 3.22. The molecule has 18 heteroatoms. The molecule has 0 amide bonds. The number of azide groups is 2. The molecule has 0 aliphatic carbocycles. The summed E-state index contributed by atoms with van der Waals surface area (Å²) >= 11 is 0. The summed E-state index contributed by atoms with van der Waals surface area (Å²) in [5.74, 6) is -0.504. The monoisotopic (exact) mass is 785 g/mol. The molecule has 0 radical (unpaired) electrons. The number of aryl methyl sites for hydroxylation is 1. The molecule has 0 N–H and O–H groups in total. The van der Waals surface area contributed by atoms with E-state index in [0.29, 0.717) is 142 Å². The minimum absolute atomic E-state index is 0.154. The molecule has 0 saturated heterocycles. The Bertz CT molecular complexity index is 1400. The summed E-state index contributed by atoms with van der Waals surface area (Å²) in [6.45, 7) is 6.73. The van der Waals surface area contributed by atoms with E-state index in [1.165, 1.54) is 0 Å². The first-order valence-corrected chi connectivity index (χ1v) is 18.8. The van der Waals surface area contributed by atoms with Gasteiger partial charge in [0.2, 0.25) is 0 Å². The lowest BCUT2D eigenvalue weighted by molar-refractivity contribution is -0.00124. The first-order chi connectivity index (χ1) is 27.5. The van der Waals surface area contributed by atoms with E-state index in [9.17, 15) is 14.4 Å². The van der Waals surface area contributed by atoms with Gasteiger partial charge in [0, 0.05) is 84.5 Å². The van der Waals surface area contributed by atoms with E-state index < -0.39 is 0 Å². The number of hydrogen-bond acceptors (Lipinski definition) is 14. The minimum Gasteiger partial charge on any atom is -0.379 e. The van der Waals surface area contributed by atoms with Crippen molar-refractivity contribution in [3.05, 3.63) is 85.9 Å². The number of nitrogens with zero attached hydrogens (tertiary/aromatic N) is 7. The van der Waals surface area contributed by atoms with Crippen molar-refractivity contribution in [2.24, 2.45) is 10.2 Å². The Morgan fingerprint density at radius 3 is 1.16 bits per heavy atom. The summed E-state index contributed by atoms with van der Waals surface area (Å²) in [4.78, 5) is 49.0. The molecule has 2 rings (SSSR count). The zero-order valence-electron chi connectivity index (χ0n) is 32.1. The molecule has 2 aromatic rings. The molecule has 0 aliphatic heterocycles. The molecule has 0 bridgehead atoms. The van der Waals surface area contributed by atoms with E-state index in [1.54, 1.807) is 30.6 Å². The van der Waals surface area contributed by atoms with Crippen LogP contribution in [0, 0.1) is 0 Å². The van der Waals surface area contributed by atoms with E-state index in [0.717, 1.165) is 5.56 Å². The molecule has 0 fully saturated rings. The van der Waals surface area contributed by atoms with Crippen LogP contribution in [0.1, 0.15) is 68.7 Å². The van der Waals surface area contributed by atoms with Crippen LogP contribution < -0.4 is 0 Å². The highest BCUT2D eigenvalue weighted by atomic mass is 16.6. The van der Waals surface area contributed by atoms with Crippen molar-refractivity contribution in [2.45, 2.75) is 38.5 Å². The highest BCUT2D eigenvalue weighted by Crippen LogP contribution is 2.18. The van der Waals surface area contributed by atoms with E-state index >= 15 is 0 Å². The number of pyridine rings is 1. The van der Waals surface area contributed by atoms with Crippen LogP contribution in [0.25, 0.3) is 20.9 Å². The lowest BCUT2D eigenvalue weighted by Crippen LogP contribution is -2.13. The average molecular weight is 786 g/mol. The van der Waals surface area contributed by atoms with E-state index in [-0.39, 0.29) is 49.7 Å². The minimum atomic E-state index is -0.175. The van der Waals surface area contributed by atoms with Gasteiger partial charge in [0.05, 0.1) is 92.5 Å². The Kier molecular flexibility index (Phi) is 29.0. The van der Waals surface area contributed by atoms with Crippen LogP contribution >= 0.6 is 0 Å². The second kappa shape index (κ2) is 34.0. The Hall–Kier alpha value is -4.32. The highest BCUT2D eigenvalue weighted by Gasteiger charge is 2.17. The van der Waals surface area contributed by atoms with Crippen LogP contribution in [0.4, 0.5) is 0 Å². The van der Waals surface area contributed by atoms with E-state index in [4.69, 9.17) is 49.0 Å². The second-order valence-corrected chi connectivity index (χ2v) is 11.9. The Balaban J connectivity index is 1.70. The number of hydrogen-bond donors (Lipinski definition) is 0. The fourth-order valence-electron chi connectivity index (χ4n) is 4.84. The fraction of sp³-hybridized carbons (Fsp3) is 0.632. The smallest absolute Gasteiger partial charge is 0.163 e. The first-order valence-electron chi connectivity index (χ1n) is 18.8. The van der Waals surface area contributed by atoms with E-state index in [1.807, 2.05) is 12.1 Å². The summed E-state index contributed by atoms with van der Waals surface area (Å²) in [6.07, 6.45) is 5.40. The fourth-order valence-corrected chi connectivity index (χ4v) is 4.84. The molecule has 1 aromatic heterocycles. The van der Waals surface area contributed by atoms with Crippen LogP contribution in [0.3, 0.4) is 0 Å². The number of carbonyl (C=O) groups excluding carboxylic acids is 3. The molecule has 1 aromatic carbocycles. The molecule has 0 saturated carbocycles. The van der Waals surface area contributed by atoms with Gasteiger partial charge in [-0.2, -0.15) is 0 Å². The standard InChI is InChI=1S/C38H55N7O11/c39-44-42-11-15-51-19-23-55-27-25-53-21-17-49-13-1-3-36(46)33-29-34(31-35(30-33)38(48)6-5-32-7-9-41-10-8-32)37(47)4-2-14-50-18-22-54-26-28-56-24-20-52-16-12-43-45-40/h7-10,29-31H,1-6,11-28H2. The number of ketones is 3. The number of Topliss-reactive ketones (excluding diaryl/α,β-unsaturated/α-hetero) is 3. The van der Waals surface area contributed by atoms with Crippen molar-refractivity contribution >= 4 is 17.3 Å². The molecule has 308 valence electrons. The summed E-state index contributed by atoms with van der Waals surface area (Å²) in [6, 6.07) is 8.43. The predicted octanol–water partition coefficient (Wildman–Crippen LogP) is 5.58. The number of benzene rings is 1. The normalized spacial score (nSPS) is 10.9. The van der Waals surface area contributed by atoms with Gasteiger partial charge in [-0.1, -0.05) is 10.2 Å². The maximum atomic E-state index is 13.2. The van der Waals surface area contributed by atoms with Crippen molar-refractivity contribution < 1.29 is 52.3 Å². The van der Waals surface area contributed by atoms with Gasteiger partial charge < -0.3 is 37.9 Å². The van der Waals surface area contributed by atoms with Gasteiger partial charge in [-0.25, -0.2) is 0 Å². The molecule has 0 spiro atoms. The molecule has 18 nitrogen and oxygen atoms in total. The van der Waals surface area contributed by atoms with Gasteiger partial charge in [0.15, 0.2) is 17.3 Å². The molecule has 56 heavy (non-hydrogen) atoms. The zero-order valence-corrected chi connectivity index (χ0v) is 32.1. The summed E-state index contributed by atoms with van der Waals surface area (Å²) in [5, 5.41) is 6.75. The van der Waals surface area contributed by atoms with Crippen molar-refractivity contribution in [3.63, 3.8) is 0 Å². The van der Waals surface area contributed by atoms with Crippen molar-refractivity contribution in [1.82, 2.24) is 4.98 Å². The largest absolute Gasteiger partial charge is 0.379 e. The van der Waals surface area contributed by atoms with Crippen LogP contribution in [0.5, 0.6) is 0 Å². The summed E-state index contributed by atoms with van der Waals surface area (Å²) < 4.78 is 43.5. The predicted molar refractivity (Wildman–Crippen MR) is 205 cm³/mol.